The molecule has 3 aromatic carbocycles. The molecule has 1 atom stereocenters. The second-order valence-corrected chi connectivity index (χ2v) is 7.79. The quantitative estimate of drug-likeness (QED) is 0.320. The van der Waals surface area contributed by atoms with Gasteiger partial charge in [-0.25, -0.2) is 0 Å². The fraction of sp³-hybridized carbons (Fsp3) is 0.310. The van der Waals surface area contributed by atoms with Gasteiger partial charge in [0, 0.05) is 17.7 Å². The summed E-state index contributed by atoms with van der Waals surface area (Å²) >= 11 is 0. The summed E-state index contributed by atoms with van der Waals surface area (Å²) in [5.41, 5.74) is 2.82. The first-order chi connectivity index (χ1) is 17.5. The van der Waals surface area contributed by atoms with E-state index in [2.05, 4.69) is 0 Å². The molecule has 0 aromatic heterocycles. The predicted octanol–water partition coefficient (Wildman–Crippen LogP) is 5.77. The Bertz CT molecular complexity index is 1160. The van der Waals surface area contributed by atoms with E-state index in [1.165, 1.54) is 0 Å². The normalized spacial score (nSPS) is 11.8. The van der Waals surface area contributed by atoms with Crippen molar-refractivity contribution in [2.75, 3.05) is 41.7 Å². The number of rotatable bonds is 12. The summed E-state index contributed by atoms with van der Waals surface area (Å²) < 4.78 is 33.4. The summed E-state index contributed by atoms with van der Waals surface area (Å²) in [7, 11) is 6.29. The van der Waals surface area contributed by atoms with Crippen LogP contribution in [0, 0.1) is 0 Å². The first-order valence-electron chi connectivity index (χ1n) is 11.7. The molecule has 0 saturated heterocycles. The van der Waals surface area contributed by atoms with Crippen molar-refractivity contribution in [3.63, 3.8) is 0 Å². The summed E-state index contributed by atoms with van der Waals surface area (Å²) in [5.74, 6) is 3.62. The van der Waals surface area contributed by atoms with Crippen LogP contribution in [0.3, 0.4) is 0 Å². The van der Waals surface area contributed by atoms with Crippen molar-refractivity contribution in [1.29, 1.82) is 0 Å². The van der Waals surface area contributed by atoms with Gasteiger partial charge >= 0.3 is 0 Å². The van der Waals surface area contributed by atoms with Gasteiger partial charge < -0.3 is 33.5 Å². The highest BCUT2D eigenvalue weighted by Crippen LogP contribution is 2.39. The molecule has 0 aliphatic rings. The van der Waals surface area contributed by atoms with Crippen molar-refractivity contribution in [3.05, 3.63) is 70.8 Å². The highest BCUT2D eigenvalue weighted by molar-refractivity contribution is 5.75. The lowest BCUT2D eigenvalue weighted by atomic mass is 9.94. The van der Waals surface area contributed by atoms with Gasteiger partial charge in [0.2, 0.25) is 0 Å². The van der Waals surface area contributed by atoms with E-state index >= 15 is 0 Å². The minimum atomic E-state index is -1.02. The Balaban J connectivity index is 2.10. The fourth-order valence-corrected chi connectivity index (χ4v) is 3.85. The van der Waals surface area contributed by atoms with Gasteiger partial charge in [-0.05, 0) is 60.9 Å². The van der Waals surface area contributed by atoms with E-state index in [-0.39, 0.29) is 0 Å². The zero-order chi connectivity index (χ0) is 26.1. The average Bonchev–Trinajstić information content (AvgIpc) is 2.91. The van der Waals surface area contributed by atoms with E-state index in [4.69, 9.17) is 28.4 Å². The summed E-state index contributed by atoms with van der Waals surface area (Å²) in [6.07, 6.45) is 2.83. The van der Waals surface area contributed by atoms with Crippen LogP contribution in [0.15, 0.2) is 48.5 Å². The van der Waals surface area contributed by atoms with E-state index in [1.54, 1.807) is 52.7 Å². The monoisotopic (exact) mass is 494 g/mol. The molecule has 0 saturated carbocycles. The molecule has 0 aliphatic carbocycles. The minimum absolute atomic E-state index is 0.491. The molecule has 0 spiro atoms. The molecular weight excluding hydrogens is 460 g/mol. The lowest BCUT2D eigenvalue weighted by Crippen LogP contribution is -2.06. The maximum Gasteiger partial charge on any atom is 0.161 e. The molecule has 0 aliphatic heterocycles. The number of methoxy groups -OCH3 is 4. The van der Waals surface area contributed by atoms with E-state index in [9.17, 15) is 5.11 Å². The van der Waals surface area contributed by atoms with Crippen LogP contribution in [0.4, 0.5) is 0 Å². The number of aliphatic hydroxyl groups is 1. The van der Waals surface area contributed by atoms with Crippen molar-refractivity contribution in [2.45, 2.75) is 20.0 Å². The van der Waals surface area contributed by atoms with Crippen LogP contribution in [-0.4, -0.2) is 46.8 Å². The number of aliphatic hydroxyl groups excluding tert-OH is 1. The molecule has 192 valence electrons. The van der Waals surface area contributed by atoms with Gasteiger partial charge in [0.15, 0.2) is 11.5 Å². The van der Waals surface area contributed by atoms with E-state index in [0.29, 0.717) is 58.8 Å². The van der Waals surface area contributed by atoms with Gasteiger partial charge in [-0.2, -0.15) is 0 Å². The lowest BCUT2D eigenvalue weighted by Gasteiger charge is -2.20. The molecule has 3 aromatic rings. The second kappa shape index (κ2) is 12.7. The highest BCUT2D eigenvalue weighted by Gasteiger charge is 2.22. The third kappa shape index (κ3) is 6.23. The lowest BCUT2D eigenvalue weighted by molar-refractivity contribution is 0.213. The Hall–Kier alpha value is -3.84. The van der Waals surface area contributed by atoms with Crippen molar-refractivity contribution >= 4 is 12.2 Å². The Morgan fingerprint density at radius 1 is 0.667 bits per heavy atom. The molecule has 7 nitrogen and oxygen atoms in total. The Labute approximate surface area is 212 Å². The van der Waals surface area contributed by atoms with Gasteiger partial charge in [0.1, 0.15) is 29.1 Å². The maximum absolute atomic E-state index is 11.5. The zero-order valence-corrected chi connectivity index (χ0v) is 21.7. The van der Waals surface area contributed by atoms with E-state index < -0.39 is 6.10 Å². The number of hydrogen-bond acceptors (Lipinski definition) is 7. The summed E-state index contributed by atoms with van der Waals surface area (Å²) in [4.78, 5) is 0. The number of ether oxygens (including phenoxy) is 6. The van der Waals surface area contributed by atoms with Crippen LogP contribution in [0.1, 0.15) is 42.2 Å². The fourth-order valence-electron chi connectivity index (χ4n) is 3.85. The molecular formula is C29H34O7. The molecule has 1 N–H and O–H groups in total. The molecule has 7 heteroatoms. The van der Waals surface area contributed by atoms with Crippen molar-refractivity contribution in [2.24, 2.45) is 0 Å². The topological polar surface area (TPSA) is 75.6 Å². The summed E-state index contributed by atoms with van der Waals surface area (Å²) in [6.45, 7) is 4.95. The molecule has 1 unspecified atom stereocenters. The number of benzene rings is 3. The molecule has 0 fully saturated rings. The van der Waals surface area contributed by atoms with E-state index in [0.717, 1.165) is 11.1 Å². The van der Waals surface area contributed by atoms with Crippen LogP contribution in [0.5, 0.6) is 34.5 Å². The SMILES string of the molecule is CCOc1ccc(/C=C/c2cc(OC)cc(OC)c2C(O)c2cc(OC)cc(OC)c2)cc1OCC. The van der Waals surface area contributed by atoms with Crippen LogP contribution >= 0.6 is 0 Å². The Morgan fingerprint density at radius 3 is 1.86 bits per heavy atom. The smallest absolute Gasteiger partial charge is 0.161 e. The maximum atomic E-state index is 11.5. The zero-order valence-electron chi connectivity index (χ0n) is 21.7. The van der Waals surface area contributed by atoms with Gasteiger partial charge in [-0.3, -0.25) is 0 Å². The van der Waals surface area contributed by atoms with Gasteiger partial charge in [0.05, 0.1) is 41.7 Å². The van der Waals surface area contributed by atoms with Gasteiger partial charge in [-0.15, -0.1) is 0 Å². The molecule has 0 radical (unpaired) electrons. The first kappa shape index (κ1) is 26.8. The predicted molar refractivity (Wildman–Crippen MR) is 141 cm³/mol. The molecule has 3 rings (SSSR count). The van der Waals surface area contributed by atoms with Gasteiger partial charge in [-0.1, -0.05) is 18.2 Å². The molecule has 0 heterocycles. The Kier molecular flexibility index (Phi) is 9.47. The standard InChI is InChI=1S/C29H34O7/c1-7-35-25-12-10-19(13-26(25)36-8-2)9-11-20-14-24(33-5)18-27(34-6)28(20)29(30)21-15-22(31-3)17-23(16-21)32-4/h9-18,29-30H,7-8H2,1-6H3/b11-9+. The van der Waals surface area contributed by atoms with Crippen molar-refractivity contribution < 1.29 is 33.5 Å². The first-order valence-corrected chi connectivity index (χ1v) is 11.7. The van der Waals surface area contributed by atoms with Crippen molar-refractivity contribution in [3.8, 4) is 34.5 Å². The molecule has 36 heavy (non-hydrogen) atoms. The third-order valence-electron chi connectivity index (χ3n) is 5.59. The van der Waals surface area contributed by atoms with Crippen LogP contribution in [0.2, 0.25) is 0 Å². The summed E-state index contributed by atoms with van der Waals surface area (Å²) in [5, 5.41) is 11.5. The van der Waals surface area contributed by atoms with Crippen LogP contribution < -0.4 is 28.4 Å². The number of hydrogen-bond donors (Lipinski definition) is 1. The van der Waals surface area contributed by atoms with Gasteiger partial charge in [0.25, 0.3) is 0 Å². The van der Waals surface area contributed by atoms with Crippen LogP contribution in [0.25, 0.3) is 12.2 Å². The largest absolute Gasteiger partial charge is 0.497 e. The van der Waals surface area contributed by atoms with Crippen molar-refractivity contribution in [1.82, 2.24) is 0 Å². The second-order valence-electron chi connectivity index (χ2n) is 7.79. The average molecular weight is 495 g/mol. The third-order valence-corrected chi connectivity index (χ3v) is 5.59. The molecule has 0 amide bonds. The molecule has 0 bridgehead atoms. The van der Waals surface area contributed by atoms with E-state index in [1.807, 2.05) is 50.3 Å². The Morgan fingerprint density at radius 2 is 1.28 bits per heavy atom. The van der Waals surface area contributed by atoms with Crippen LogP contribution in [-0.2, 0) is 0 Å². The summed E-state index contributed by atoms with van der Waals surface area (Å²) in [6, 6.07) is 14.7. The highest BCUT2D eigenvalue weighted by atomic mass is 16.5. The minimum Gasteiger partial charge on any atom is -0.497 e.